The van der Waals surface area contributed by atoms with Crippen LogP contribution in [0.25, 0.3) is 0 Å². The molecular weight excluding hydrogens is 428 g/mol. The number of halogens is 1. The number of benzene rings is 1. The highest BCUT2D eigenvalue weighted by molar-refractivity contribution is 6.30. The molecule has 0 saturated carbocycles. The molecule has 2 aromatic rings. The molecule has 2 atom stereocenters. The van der Waals surface area contributed by atoms with Gasteiger partial charge in [0.2, 0.25) is 11.8 Å². The van der Waals surface area contributed by atoms with Gasteiger partial charge in [0.1, 0.15) is 24.2 Å². The van der Waals surface area contributed by atoms with E-state index in [1.807, 2.05) is 45.7 Å². The van der Waals surface area contributed by atoms with Gasteiger partial charge in [-0.25, -0.2) is 4.98 Å². The first-order chi connectivity index (χ1) is 15.5. The van der Waals surface area contributed by atoms with Gasteiger partial charge >= 0.3 is 0 Å². The molecule has 0 radical (unpaired) electrons. The van der Waals surface area contributed by atoms with Gasteiger partial charge < -0.3 is 19.1 Å². The quantitative estimate of drug-likeness (QED) is 0.664. The summed E-state index contributed by atoms with van der Waals surface area (Å²) in [7, 11) is 0. The Balaban J connectivity index is 1.45. The molecule has 2 fully saturated rings. The van der Waals surface area contributed by atoms with Crippen molar-refractivity contribution in [3.05, 3.63) is 47.5 Å². The Hall–Kier alpha value is -2.54. The fourth-order valence-electron chi connectivity index (χ4n) is 4.62. The molecule has 32 heavy (non-hydrogen) atoms. The van der Waals surface area contributed by atoms with Gasteiger partial charge in [0.05, 0.1) is 0 Å². The summed E-state index contributed by atoms with van der Waals surface area (Å²) in [6.07, 6.45) is 7.76. The van der Waals surface area contributed by atoms with E-state index in [1.165, 1.54) is 6.42 Å². The standard InChI is InChI=1S/C24H31ClN4O3/c1-18-26-9-13-28(18)17-24(31)29-12-8-22(32-21-7-5-6-20(25)15-21)19(16-29)14-23(30)27-10-3-2-4-11-27/h5-7,9,13,15,19,22H,2-4,8,10-12,14,16-17H2,1H3/t19-,22-/m0/s1. The summed E-state index contributed by atoms with van der Waals surface area (Å²) in [5.74, 6) is 1.66. The summed E-state index contributed by atoms with van der Waals surface area (Å²) in [6.45, 7) is 4.92. The molecule has 0 N–H and O–H groups in total. The van der Waals surface area contributed by atoms with Crippen LogP contribution in [0.3, 0.4) is 0 Å². The van der Waals surface area contributed by atoms with Crippen molar-refractivity contribution in [2.24, 2.45) is 5.92 Å². The third kappa shape index (κ3) is 5.63. The number of imidazole rings is 1. The largest absolute Gasteiger partial charge is 0.490 e. The molecule has 0 spiro atoms. The molecule has 1 aromatic heterocycles. The van der Waals surface area contributed by atoms with E-state index in [2.05, 4.69) is 4.98 Å². The fraction of sp³-hybridized carbons (Fsp3) is 0.542. The molecule has 2 amide bonds. The third-order valence-electron chi connectivity index (χ3n) is 6.48. The lowest BCUT2D eigenvalue weighted by atomic mass is 9.90. The van der Waals surface area contributed by atoms with E-state index in [-0.39, 0.29) is 30.4 Å². The Morgan fingerprint density at radius 2 is 1.94 bits per heavy atom. The maximum absolute atomic E-state index is 13.0. The summed E-state index contributed by atoms with van der Waals surface area (Å²) < 4.78 is 8.13. The van der Waals surface area contributed by atoms with E-state index in [0.717, 1.165) is 31.8 Å². The van der Waals surface area contributed by atoms with Crippen LogP contribution in [0.1, 0.15) is 37.9 Å². The van der Waals surface area contributed by atoms with Gasteiger partial charge in [-0.05, 0) is 44.4 Å². The first kappa shape index (κ1) is 22.6. The molecule has 0 bridgehead atoms. The van der Waals surface area contributed by atoms with Crippen molar-refractivity contribution in [2.45, 2.75) is 51.7 Å². The minimum absolute atomic E-state index is 0.0442. The molecule has 7 nitrogen and oxygen atoms in total. The highest BCUT2D eigenvalue weighted by atomic mass is 35.5. The minimum Gasteiger partial charge on any atom is -0.490 e. The average molecular weight is 459 g/mol. The van der Waals surface area contributed by atoms with Gasteiger partial charge in [-0.2, -0.15) is 0 Å². The van der Waals surface area contributed by atoms with Gasteiger partial charge in [0.25, 0.3) is 0 Å². The normalized spacial score (nSPS) is 21.4. The number of hydrogen-bond acceptors (Lipinski definition) is 4. The number of ether oxygens (including phenoxy) is 1. The Bertz CT molecular complexity index is 941. The summed E-state index contributed by atoms with van der Waals surface area (Å²) in [5.41, 5.74) is 0. The summed E-state index contributed by atoms with van der Waals surface area (Å²) in [5, 5.41) is 0.617. The first-order valence-electron chi connectivity index (χ1n) is 11.4. The topological polar surface area (TPSA) is 67.7 Å². The highest BCUT2D eigenvalue weighted by Crippen LogP contribution is 2.28. The minimum atomic E-state index is -0.138. The van der Waals surface area contributed by atoms with Crippen LogP contribution in [0.4, 0.5) is 0 Å². The molecule has 1 aromatic carbocycles. The second-order valence-corrected chi connectivity index (χ2v) is 9.19. The number of rotatable bonds is 6. The van der Waals surface area contributed by atoms with Crippen LogP contribution in [0, 0.1) is 12.8 Å². The van der Waals surface area contributed by atoms with Crippen LogP contribution in [0.15, 0.2) is 36.7 Å². The third-order valence-corrected chi connectivity index (χ3v) is 6.71. The maximum Gasteiger partial charge on any atom is 0.242 e. The molecular formula is C24H31ClN4O3. The van der Waals surface area contributed by atoms with Crippen LogP contribution in [0.2, 0.25) is 5.02 Å². The zero-order valence-corrected chi connectivity index (χ0v) is 19.3. The van der Waals surface area contributed by atoms with Crippen molar-refractivity contribution in [3.63, 3.8) is 0 Å². The lowest BCUT2D eigenvalue weighted by molar-refractivity contribution is -0.140. The van der Waals surface area contributed by atoms with Gasteiger partial charge in [-0.1, -0.05) is 17.7 Å². The molecule has 3 heterocycles. The van der Waals surface area contributed by atoms with Crippen molar-refractivity contribution in [1.29, 1.82) is 0 Å². The summed E-state index contributed by atoms with van der Waals surface area (Å²) in [4.78, 5) is 34.0. The van der Waals surface area contributed by atoms with Crippen molar-refractivity contribution < 1.29 is 14.3 Å². The average Bonchev–Trinajstić information content (AvgIpc) is 3.19. The first-order valence-corrected chi connectivity index (χ1v) is 11.8. The predicted molar refractivity (Wildman–Crippen MR) is 123 cm³/mol. The Morgan fingerprint density at radius 3 is 2.66 bits per heavy atom. The molecule has 2 aliphatic rings. The van der Waals surface area contributed by atoms with Crippen LogP contribution < -0.4 is 4.74 Å². The molecule has 0 aliphatic carbocycles. The van der Waals surface area contributed by atoms with Crippen LogP contribution >= 0.6 is 11.6 Å². The smallest absolute Gasteiger partial charge is 0.242 e. The molecule has 8 heteroatoms. The molecule has 172 valence electrons. The lowest BCUT2D eigenvalue weighted by Gasteiger charge is -2.39. The van der Waals surface area contributed by atoms with E-state index >= 15 is 0 Å². The Labute approximate surface area is 194 Å². The number of carbonyl (C=O) groups is 2. The second-order valence-electron chi connectivity index (χ2n) is 8.75. The zero-order valence-electron chi connectivity index (χ0n) is 18.6. The van der Waals surface area contributed by atoms with E-state index in [0.29, 0.717) is 36.7 Å². The second kappa shape index (κ2) is 10.4. The summed E-state index contributed by atoms with van der Waals surface area (Å²) in [6, 6.07) is 7.35. The number of nitrogens with zero attached hydrogens (tertiary/aromatic N) is 4. The van der Waals surface area contributed by atoms with Crippen LogP contribution in [-0.4, -0.2) is 63.4 Å². The van der Waals surface area contributed by atoms with Crippen molar-refractivity contribution >= 4 is 23.4 Å². The number of amides is 2. The monoisotopic (exact) mass is 458 g/mol. The van der Waals surface area contributed by atoms with E-state index in [9.17, 15) is 9.59 Å². The SMILES string of the molecule is Cc1nccn1CC(=O)N1CC[C@H](Oc2cccc(Cl)c2)[C@@H](CC(=O)N2CCCCC2)C1. The number of hydrogen-bond donors (Lipinski definition) is 0. The Kier molecular flexibility index (Phi) is 7.35. The van der Waals surface area contributed by atoms with E-state index < -0.39 is 0 Å². The summed E-state index contributed by atoms with van der Waals surface area (Å²) >= 11 is 6.13. The molecule has 0 unspecified atom stereocenters. The van der Waals surface area contributed by atoms with Gasteiger partial charge in [0, 0.05) is 62.4 Å². The number of piperidine rings is 2. The highest BCUT2D eigenvalue weighted by Gasteiger charge is 2.35. The lowest BCUT2D eigenvalue weighted by Crippen LogP contribution is -2.50. The van der Waals surface area contributed by atoms with Crippen molar-refractivity contribution in [3.8, 4) is 5.75 Å². The molecule has 2 saturated heterocycles. The predicted octanol–water partition coefficient (Wildman–Crippen LogP) is 3.54. The zero-order chi connectivity index (χ0) is 22.5. The van der Waals surface area contributed by atoms with Gasteiger partial charge in [-0.15, -0.1) is 0 Å². The van der Waals surface area contributed by atoms with E-state index in [1.54, 1.807) is 12.3 Å². The van der Waals surface area contributed by atoms with Crippen LogP contribution in [0.5, 0.6) is 5.75 Å². The molecule has 2 aliphatic heterocycles. The number of likely N-dealkylation sites (tertiary alicyclic amines) is 2. The number of aryl methyl sites for hydroxylation is 1. The number of aromatic nitrogens is 2. The molecule has 4 rings (SSSR count). The van der Waals surface area contributed by atoms with E-state index in [4.69, 9.17) is 16.3 Å². The van der Waals surface area contributed by atoms with Crippen molar-refractivity contribution in [2.75, 3.05) is 26.2 Å². The van der Waals surface area contributed by atoms with Gasteiger partial charge in [0.15, 0.2) is 0 Å². The maximum atomic E-state index is 13.0. The van der Waals surface area contributed by atoms with Crippen molar-refractivity contribution in [1.82, 2.24) is 19.4 Å². The fourth-order valence-corrected chi connectivity index (χ4v) is 4.80. The Morgan fingerprint density at radius 1 is 1.12 bits per heavy atom. The van der Waals surface area contributed by atoms with Crippen LogP contribution in [-0.2, 0) is 16.1 Å². The van der Waals surface area contributed by atoms with Gasteiger partial charge in [-0.3, -0.25) is 9.59 Å². The number of carbonyl (C=O) groups excluding carboxylic acids is 2.